The third kappa shape index (κ3) is 4.06. The minimum absolute atomic E-state index is 0.0685. The lowest BCUT2D eigenvalue weighted by Gasteiger charge is -2.33. The lowest BCUT2D eigenvalue weighted by atomic mass is 10.0. The van der Waals surface area contributed by atoms with Gasteiger partial charge in [0.2, 0.25) is 5.91 Å². The Labute approximate surface area is 168 Å². The van der Waals surface area contributed by atoms with Gasteiger partial charge in [-0.15, -0.1) is 0 Å². The first-order valence-corrected chi connectivity index (χ1v) is 9.94. The van der Waals surface area contributed by atoms with Crippen molar-refractivity contribution >= 4 is 23.0 Å². The summed E-state index contributed by atoms with van der Waals surface area (Å²) in [6, 6.07) is 11.1. The fourth-order valence-corrected chi connectivity index (χ4v) is 4.01. The number of piperidine rings is 1. The third-order valence-corrected chi connectivity index (χ3v) is 5.45. The molecule has 0 aliphatic carbocycles. The Balaban J connectivity index is 1.46. The van der Waals surface area contributed by atoms with Crippen molar-refractivity contribution in [1.82, 2.24) is 14.5 Å². The molecule has 1 aromatic heterocycles. The van der Waals surface area contributed by atoms with Gasteiger partial charge >= 0.3 is 0 Å². The molecule has 2 aromatic carbocycles. The van der Waals surface area contributed by atoms with Crippen LogP contribution in [0.3, 0.4) is 0 Å². The molecule has 1 aliphatic rings. The monoisotopic (exact) mass is 395 g/mol. The van der Waals surface area contributed by atoms with Gasteiger partial charge in [0.1, 0.15) is 17.5 Å². The summed E-state index contributed by atoms with van der Waals surface area (Å²) in [5.74, 6) is 0.275. The summed E-state index contributed by atoms with van der Waals surface area (Å²) in [5.41, 5.74) is 2.29. The molecule has 29 heavy (non-hydrogen) atoms. The normalized spacial score (nSPS) is 15.5. The fourth-order valence-electron chi connectivity index (χ4n) is 4.01. The molecule has 1 saturated heterocycles. The van der Waals surface area contributed by atoms with E-state index in [-0.39, 0.29) is 23.6 Å². The number of rotatable bonds is 4. The Morgan fingerprint density at radius 3 is 2.62 bits per heavy atom. The zero-order valence-corrected chi connectivity index (χ0v) is 16.3. The second-order valence-corrected chi connectivity index (χ2v) is 7.33. The molecular formula is C23H23F2N3O. The van der Waals surface area contributed by atoms with Crippen LogP contribution < -0.4 is 0 Å². The molecule has 150 valence electrons. The summed E-state index contributed by atoms with van der Waals surface area (Å²) in [6.45, 7) is 3.33. The lowest BCUT2D eigenvalue weighted by Crippen LogP contribution is -2.38. The van der Waals surface area contributed by atoms with Gasteiger partial charge in [0.05, 0.1) is 11.0 Å². The minimum atomic E-state index is -0.320. The second kappa shape index (κ2) is 8.15. The highest BCUT2D eigenvalue weighted by molar-refractivity contribution is 5.91. The highest BCUT2D eigenvalue weighted by Crippen LogP contribution is 2.29. The molecule has 4 rings (SSSR count). The summed E-state index contributed by atoms with van der Waals surface area (Å²) in [5, 5.41) is 0. The van der Waals surface area contributed by atoms with Crippen LogP contribution in [0.15, 0.2) is 48.5 Å². The summed E-state index contributed by atoms with van der Waals surface area (Å²) in [4.78, 5) is 18.9. The van der Waals surface area contributed by atoms with E-state index in [4.69, 9.17) is 0 Å². The van der Waals surface area contributed by atoms with Crippen LogP contribution in [0.1, 0.15) is 37.2 Å². The van der Waals surface area contributed by atoms with Crippen LogP contribution in [0.2, 0.25) is 0 Å². The molecule has 1 aliphatic heterocycles. The maximum absolute atomic E-state index is 13.6. The fraction of sp³-hybridized carbons (Fsp3) is 0.304. The molecule has 1 amide bonds. The number of hydrogen-bond donors (Lipinski definition) is 0. The number of carbonyl (C=O) groups excluding carboxylic acids is 1. The number of nitrogens with zero attached hydrogens (tertiary/aromatic N) is 3. The Hall–Kier alpha value is -3.02. The molecule has 0 spiro atoms. The molecule has 0 radical (unpaired) electrons. The minimum Gasteiger partial charge on any atom is -0.339 e. The topological polar surface area (TPSA) is 38.1 Å². The van der Waals surface area contributed by atoms with Gasteiger partial charge in [-0.05, 0) is 48.7 Å². The third-order valence-electron chi connectivity index (χ3n) is 5.45. The van der Waals surface area contributed by atoms with Gasteiger partial charge in [0.25, 0.3) is 0 Å². The predicted molar refractivity (Wildman–Crippen MR) is 109 cm³/mol. The number of halogens is 2. The summed E-state index contributed by atoms with van der Waals surface area (Å²) in [6.07, 6.45) is 5.54. The van der Waals surface area contributed by atoms with E-state index in [0.717, 1.165) is 30.6 Å². The highest BCUT2D eigenvalue weighted by atomic mass is 19.1. The zero-order valence-electron chi connectivity index (χ0n) is 16.3. The van der Waals surface area contributed by atoms with Crippen LogP contribution >= 0.6 is 0 Å². The number of likely N-dealkylation sites (tertiary alicyclic amines) is 1. The van der Waals surface area contributed by atoms with Gasteiger partial charge in [0, 0.05) is 37.7 Å². The maximum Gasteiger partial charge on any atom is 0.246 e. The number of aryl methyl sites for hydroxylation is 1. The van der Waals surface area contributed by atoms with E-state index in [1.807, 2.05) is 11.8 Å². The van der Waals surface area contributed by atoms with E-state index in [9.17, 15) is 13.6 Å². The number of aromatic nitrogens is 2. The van der Waals surface area contributed by atoms with Gasteiger partial charge in [-0.25, -0.2) is 13.8 Å². The van der Waals surface area contributed by atoms with Crippen molar-refractivity contribution in [3.63, 3.8) is 0 Å². The van der Waals surface area contributed by atoms with Gasteiger partial charge < -0.3 is 9.47 Å². The number of fused-ring (bicyclic) bond motifs is 1. The highest BCUT2D eigenvalue weighted by Gasteiger charge is 2.25. The Bertz CT molecular complexity index is 1070. The first-order chi connectivity index (χ1) is 14.0. The maximum atomic E-state index is 13.6. The number of imidazole rings is 1. The van der Waals surface area contributed by atoms with Crippen molar-refractivity contribution in [2.75, 3.05) is 13.1 Å². The van der Waals surface area contributed by atoms with Crippen molar-refractivity contribution in [1.29, 1.82) is 0 Å². The van der Waals surface area contributed by atoms with Crippen LogP contribution in [0, 0.1) is 11.6 Å². The standard InChI is InChI=1S/C23H23F2N3O/c1-2-22-26-20-15-18(25)7-8-21(20)28(22)19-10-12-27(13-11-19)23(29)9-6-16-4-3-5-17(24)14-16/h3-9,14-15,19H,2,10-13H2,1H3. The zero-order chi connectivity index (χ0) is 20.4. The molecule has 0 bridgehead atoms. The van der Waals surface area contributed by atoms with Crippen LogP contribution in [0.4, 0.5) is 8.78 Å². The summed E-state index contributed by atoms with van der Waals surface area (Å²) >= 11 is 0. The summed E-state index contributed by atoms with van der Waals surface area (Å²) in [7, 11) is 0. The van der Waals surface area contributed by atoms with Crippen LogP contribution in [-0.2, 0) is 11.2 Å². The molecule has 2 heterocycles. The predicted octanol–water partition coefficient (Wildman–Crippen LogP) is 4.75. The van der Waals surface area contributed by atoms with Gasteiger partial charge in [-0.3, -0.25) is 4.79 Å². The molecule has 4 nitrogen and oxygen atoms in total. The van der Waals surface area contributed by atoms with Crippen LogP contribution in [0.25, 0.3) is 17.1 Å². The molecular weight excluding hydrogens is 372 g/mol. The van der Waals surface area contributed by atoms with E-state index in [1.54, 1.807) is 24.3 Å². The van der Waals surface area contributed by atoms with E-state index < -0.39 is 0 Å². The SMILES string of the molecule is CCc1nc2cc(F)ccc2n1C1CCN(C(=O)C=Cc2cccc(F)c2)CC1. The molecule has 0 unspecified atom stereocenters. The number of hydrogen-bond acceptors (Lipinski definition) is 2. The number of benzene rings is 2. The molecule has 6 heteroatoms. The molecule has 0 saturated carbocycles. The largest absolute Gasteiger partial charge is 0.339 e. The smallest absolute Gasteiger partial charge is 0.246 e. The van der Waals surface area contributed by atoms with Gasteiger partial charge in [0.15, 0.2) is 0 Å². The quantitative estimate of drug-likeness (QED) is 0.598. The van der Waals surface area contributed by atoms with E-state index in [1.165, 1.54) is 30.3 Å². The first kappa shape index (κ1) is 19.3. The van der Waals surface area contributed by atoms with Crippen LogP contribution in [-0.4, -0.2) is 33.4 Å². The average Bonchev–Trinajstić information content (AvgIpc) is 3.09. The average molecular weight is 395 g/mol. The van der Waals surface area contributed by atoms with Crippen molar-refractivity contribution in [2.24, 2.45) is 0 Å². The van der Waals surface area contributed by atoms with Crippen LogP contribution in [0.5, 0.6) is 0 Å². The number of amides is 1. The van der Waals surface area contributed by atoms with Gasteiger partial charge in [-0.2, -0.15) is 0 Å². The van der Waals surface area contributed by atoms with Gasteiger partial charge in [-0.1, -0.05) is 19.1 Å². The van der Waals surface area contributed by atoms with E-state index in [0.29, 0.717) is 24.2 Å². The molecule has 3 aromatic rings. The first-order valence-electron chi connectivity index (χ1n) is 9.94. The van der Waals surface area contributed by atoms with Crippen molar-refractivity contribution in [2.45, 2.75) is 32.2 Å². The number of carbonyl (C=O) groups is 1. The Morgan fingerprint density at radius 2 is 1.90 bits per heavy atom. The second-order valence-electron chi connectivity index (χ2n) is 7.33. The molecule has 0 atom stereocenters. The Morgan fingerprint density at radius 1 is 1.14 bits per heavy atom. The van der Waals surface area contributed by atoms with Crippen molar-refractivity contribution < 1.29 is 13.6 Å². The Kier molecular flexibility index (Phi) is 5.43. The van der Waals surface area contributed by atoms with E-state index >= 15 is 0 Å². The molecule has 1 fully saturated rings. The summed E-state index contributed by atoms with van der Waals surface area (Å²) < 4.78 is 29.0. The van der Waals surface area contributed by atoms with Crippen molar-refractivity contribution in [3.8, 4) is 0 Å². The lowest BCUT2D eigenvalue weighted by molar-refractivity contribution is -0.127. The molecule has 0 N–H and O–H groups in total. The van der Waals surface area contributed by atoms with Crippen molar-refractivity contribution in [3.05, 3.63) is 71.6 Å². The van der Waals surface area contributed by atoms with E-state index in [2.05, 4.69) is 9.55 Å².